The van der Waals surface area contributed by atoms with Crippen LogP contribution < -0.4 is 15.4 Å². The number of aromatic nitrogens is 3. The molecule has 0 saturated heterocycles. The Labute approximate surface area is 166 Å². The van der Waals surface area contributed by atoms with Gasteiger partial charge in [0.05, 0.1) is 7.11 Å². The van der Waals surface area contributed by atoms with Gasteiger partial charge in [0.25, 0.3) is 5.91 Å². The Morgan fingerprint density at radius 1 is 1.14 bits per heavy atom. The highest BCUT2D eigenvalue weighted by Crippen LogP contribution is 2.21. The molecule has 0 fully saturated rings. The number of amides is 2. The number of hydrogen-bond acceptors (Lipinski definition) is 5. The number of aromatic amines is 1. The average molecular weight is 397 g/mol. The number of benzene rings is 2. The molecule has 3 aromatic rings. The van der Waals surface area contributed by atoms with Gasteiger partial charge in [-0.2, -0.15) is 5.10 Å². The van der Waals surface area contributed by atoms with Gasteiger partial charge in [-0.3, -0.25) is 19.3 Å². The molecule has 28 heavy (non-hydrogen) atoms. The molecule has 0 aliphatic rings. The normalized spacial score (nSPS) is 10.4. The highest BCUT2D eigenvalue weighted by Gasteiger charge is 2.13. The molecule has 9 heteroatoms. The fourth-order valence-corrected chi connectivity index (χ4v) is 2.81. The topological polar surface area (TPSA) is 101 Å². The first kappa shape index (κ1) is 19.3. The van der Waals surface area contributed by atoms with Crippen LogP contribution in [0.5, 0.6) is 5.75 Å². The Kier molecular flexibility index (Phi) is 5.85. The first-order valence-corrected chi connectivity index (χ1v) is 8.84. The highest BCUT2D eigenvalue weighted by molar-refractivity contribution is 7.71. The van der Waals surface area contributed by atoms with Gasteiger partial charge in [-0.1, -0.05) is 0 Å². The summed E-state index contributed by atoms with van der Waals surface area (Å²) in [5.74, 6) is 0.826. The van der Waals surface area contributed by atoms with E-state index in [0.717, 1.165) is 11.3 Å². The number of nitrogens with zero attached hydrogens (tertiary/aromatic N) is 2. The van der Waals surface area contributed by atoms with Crippen LogP contribution in [0.1, 0.15) is 10.4 Å². The van der Waals surface area contributed by atoms with E-state index >= 15 is 0 Å². The van der Waals surface area contributed by atoms with Crippen molar-refractivity contribution >= 4 is 29.7 Å². The lowest BCUT2D eigenvalue weighted by Gasteiger charge is -2.09. The predicted molar refractivity (Wildman–Crippen MR) is 108 cm³/mol. The molecule has 0 aliphatic carbocycles. The smallest absolute Gasteiger partial charge is 0.251 e. The summed E-state index contributed by atoms with van der Waals surface area (Å²) in [5.41, 5.74) is 1.90. The van der Waals surface area contributed by atoms with Gasteiger partial charge in [0, 0.05) is 23.9 Å². The third kappa shape index (κ3) is 4.26. The SMILES string of the molecule is CNC(=O)c1ccc(NC(=O)Cn2c(-c3ccc(OC)cc3)n[nH]c2=S)cc1. The number of H-pyrrole nitrogens is 1. The largest absolute Gasteiger partial charge is 0.497 e. The minimum Gasteiger partial charge on any atom is -0.497 e. The molecule has 144 valence electrons. The Balaban J connectivity index is 1.74. The molecule has 8 nitrogen and oxygen atoms in total. The van der Waals surface area contributed by atoms with E-state index in [1.807, 2.05) is 24.3 Å². The van der Waals surface area contributed by atoms with E-state index < -0.39 is 0 Å². The summed E-state index contributed by atoms with van der Waals surface area (Å²) in [5, 5.41) is 12.3. The number of methoxy groups -OCH3 is 1. The molecule has 3 rings (SSSR count). The van der Waals surface area contributed by atoms with Gasteiger partial charge < -0.3 is 15.4 Å². The molecule has 0 atom stereocenters. The zero-order valence-corrected chi connectivity index (χ0v) is 16.2. The molecular weight excluding hydrogens is 378 g/mol. The monoisotopic (exact) mass is 397 g/mol. The van der Waals surface area contributed by atoms with E-state index in [0.29, 0.717) is 21.8 Å². The average Bonchev–Trinajstić information content (AvgIpc) is 3.08. The van der Waals surface area contributed by atoms with E-state index in [4.69, 9.17) is 17.0 Å². The fourth-order valence-electron chi connectivity index (χ4n) is 2.62. The number of carbonyl (C=O) groups is 2. The number of nitrogens with one attached hydrogen (secondary N) is 3. The van der Waals surface area contributed by atoms with Crippen LogP contribution >= 0.6 is 12.2 Å². The van der Waals surface area contributed by atoms with Crippen molar-refractivity contribution in [1.29, 1.82) is 0 Å². The second-order valence-corrected chi connectivity index (χ2v) is 6.26. The van der Waals surface area contributed by atoms with Gasteiger partial charge in [0.15, 0.2) is 10.6 Å². The van der Waals surface area contributed by atoms with Gasteiger partial charge in [-0.05, 0) is 60.7 Å². The van der Waals surface area contributed by atoms with Crippen LogP contribution in [-0.2, 0) is 11.3 Å². The molecule has 2 amide bonds. The van der Waals surface area contributed by atoms with Crippen molar-refractivity contribution in [2.45, 2.75) is 6.54 Å². The summed E-state index contributed by atoms with van der Waals surface area (Å²) >= 11 is 5.26. The number of anilines is 1. The highest BCUT2D eigenvalue weighted by atomic mass is 32.1. The van der Waals surface area contributed by atoms with Gasteiger partial charge in [0.1, 0.15) is 12.3 Å². The Morgan fingerprint density at radius 3 is 2.43 bits per heavy atom. The van der Waals surface area contributed by atoms with Crippen LogP contribution in [-0.4, -0.2) is 40.7 Å². The molecule has 0 bridgehead atoms. The first-order chi connectivity index (χ1) is 13.5. The molecule has 0 saturated carbocycles. The van der Waals surface area contributed by atoms with Crippen LogP contribution in [0.2, 0.25) is 0 Å². The van der Waals surface area contributed by atoms with E-state index in [2.05, 4.69) is 20.8 Å². The number of ether oxygens (including phenoxy) is 1. The van der Waals surface area contributed by atoms with E-state index in [-0.39, 0.29) is 18.4 Å². The lowest BCUT2D eigenvalue weighted by atomic mass is 10.2. The van der Waals surface area contributed by atoms with Crippen molar-refractivity contribution in [2.24, 2.45) is 0 Å². The molecule has 0 unspecified atom stereocenters. The molecule has 1 heterocycles. The molecule has 2 aromatic carbocycles. The van der Waals surface area contributed by atoms with Gasteiger partial charge in [0.2, 0.25) is 5.91 Å². The molecule has 0 radical (unpaired) electrons. The first-order valence-electron chi connectivity index (χ1n) is 8.43. The minimum absolute atomic E-state index is 0.00606. The van der Waals surface area contributed by atoms with Gasteiger partial charge >= 0.3 is 0 Å². The van der Waals surface area contributed by atoms with Crippen molar-refractivity contribution in [3.05, 3.63) is 58.9 Å². The van der Waals surface area contributed by atoms with Crippen molar-refractivity contribution < 1.29 is 14.3 Å². The second-order valence-electron chi connectivity index (χ2n) is 5.87. The summed E-state index contributed by atoms with van der Waals surface area (Å²) in [4.78, 5) is 24.0. The van der Waals surface area contributed by atoms with Crippen molar-refractivity contribution in [2.75, 3.05) is 19.5 Å². The van der Waals surface area contributed by atoms with Crippen LogP contribution in [0.4, 0.5) is 5.69 Å². The van der Waals surface area contributed by atoms with Gasteiger partial charge in [-0.15, -0.1) is 0 Å². The fraction of sp³-hybridized carbons (Fsp3) is 0.158. The maximum atomic E-state index is 12.5. The molecule has 0 spiro atoms. The zero-order valence-electron chi connectivity index (χ0n) is 15.4. The lowest BCUT2D eigenvalue weighted by molar-refractivity contribution is -0.116. The Hall–Kier alpha value is -3.46. The van der Waals surface area contributed by atoms with E-state index in [1.165, 1.54) is 0 Å². The van der Waals surface area contributed by atoms with Crippen LogP contribution in [0.15, 0.2) is 48.5 Å². The quantitative estimate of drug-likeness (QED) is 0.555. The predicted octanol–water partition coefficient (Wildman–Crippen LogP) is 2.61. The maximum Gasteiger partial charge on any atom is 0.251 e. The summed E-state index contributed by atoms with van der Waals surface area (Å²) in [6.07, 6.45) is 0. The van der Waals surface area contributed by atoms with E-state index in [9.17, 15) is 9.59 Å². The number of rotatable bonds is 6. The standard InChI is InChI=1S/C19H19N5O3S/c1-20-18(26)13-3-7-14(8-4-13)21-16(25)11-24-17(22-23-19(24)28)12-5-9-15(27-2)10-6-12/h3-10H,11H2,1-2H3,(H,20,26)(H,21,25)(H,23,28). The summed E-state index contributed by atoms with van der Waals surface area (Å²) in [6.45, 7) is -0.00606. The zero-order chi connectivity index (χ0) is 20.1. The maximum absolute atomic E-state index is 12.5. The molecule has 3 N–H and O–H groups in total. The summed E-state index contributed by atoms with van der Waals surface area (Å²) in [6, 6.07) is 13.9. The third-order valence-corrected chi connectivity index (χ3v) is 4.38. The third-order valence-electron chi connectivity index (χ3n) is 4.07. The number of carbonyl (C=O) groups excluding carboxylic acids is 2. The second kappa shape index (κ2) is 8.49. The molecular formula is C19H19N5O3S. The van der Waals surface area contributed by atoms with Crippen LogP contribution in [0.25, 0.3) is 11.4 Å². The molecule has 1 aromatic heterocycles. The Bertz CT molecular complexity index is 1040. The number of hydrogen-bond donors (Lipinski definition) is 3. The lowest BCUT2D eigenvalue weighted by Crippen LogP contribution is -2.20. The summed E-state index contributed by atoms with van der Waals surface area (Å²) < 4.78 is 7.12. The Morgan fingerprint density at radius 2 is 1.82 bits per heavy atom. The van der Waals surface area contributed by atoms with Crippen molar-refractivity contribution in [3.8, 4) is 17.1 Å². The van der Waals surface area contributed by atoms with Crippen LogP contribution in [0.3, 0.4) is 0 Å². The van der Waals surface area contributed by atoms with E-state index in [1.54, 1.807) is 43.0 Å². The minimum atomic E-state index is -0.264. The van der Waals surface area contributed by atoms with Crippen molar-refractivity contribution in [3.63, 3.8) is 0 Å². The van der Waals surface area contributed by atoms with Crippen LogP contribution in [0, 0.1) is 4.77 Å². The molecule has 0 aliphatic heterocycles. The summed E-state index contributed by atoms with van der Waals surface area (Å²) in [7, 11) is 3.16. The van der Waals surface area contributed by atoms with Crippen molar-refractivity contribution in [1.82, 2.24) is 20.1 Å². The van der Waals surface area contributed by atoms with Gasteiger partial charge in [-0.25, -0.2) is 0 Å².